The highest BCUT2D eigenvalue weighted by Crippen LogP contribution is 2.32. The van der Waals surface area contributed by atoms with Gasteiger partial charge in [0.2, 0.25) is 6.79 Å². The van der Waals surface area contributed by atoms with Crippen molar-refractivity contribution in [3.63, 3.8) is 0 Å². The Morgan fingerprint density at radius 3 is 2.71 bits per heavy atom. The molecule has 0 saturated carbocycles. The largest absolute Gasteiger partial charge is 0.454 e. The Labute approximate surface area is 194 Å². The number of urea groups is 1. The van der Waals surface area contributed by atoms with Gasteiger partial charge in [-0.05, 0) is 49.6 Å². The lowest BCUT2D eigenvalue weighted by Crippen LogP contribution is -2.51. The topological polar surface area (TPSA) is 118 Å². The minimum absolute atomic E-state index is 0.114. The number of aliphatic hydroxyl groups excluding tert-OH is 1. The van der Waals surface area contributed by atoms with Crippen LogP contribution in [-0.2, 0) is 4.74 Å². The molecule has 0 spiro atoms. The molecule has 0 aliphatic carbocycles. The van der Waals surface area contributed by atoms with Gasteiger partial charge >= 0.3 is 6.03 Å². The zero-order chi connectivity index (χ0) is 24.1. The van der Waals surface area contributed by atoms with E-state index >= 15 is 0 Å². The summed E-state index contributed by atoms with van der Waals surface area (Å²) in [5.41, 5.74) is 0.154. The molecular weight excluding hydrogens is 452 g/mol. The van der Waals surface area contributed by atoms with Crippen LogP contribution in [0.25, 0.3) is 0 Å². The van der Waals surface area contributed by atoms with Crippen LogP contribution in [0.15, 0.2) is 36.4 Å². The van der Waals surface area contributed by atoms with Crippen LogP contribution >= 0.6 is 0 Å². The van der Waals surface area contributed by atoms with Crippen LogP contribution in [0.2, 0.25) is 0 Å². The highest BCUT2D eigenvalue weighted by Gasteiger charge is 2.32. The van der Waals surface area contributed by atoms with Crippen LogP contribution in [0.4, 0.5) is 19.3 Å². The van der Waals surface area contributed by atoms with Gasteiger partial charge in [-0.25, -0.2) is 13.6 Å². The van der Waals surface area contributed by atoms with Crippen molar-refractivity contribution in [1.29, 1.82) is 0 Å². The third-order valence-corrected chi connectivity index (χ3v) is 5.68. The average Bonchev–Trinajstić information content (AvgIpc) is 3.30. The third kappa shape index (κ3) is 5.72. The summed E-state index contributed by atoms with van der Waals surface area (Å²) in [6.45, 7) is 0.0538. The van der Waals surface area contributed by atoms with Gasteiger partial charge in [0.05, 0.1) is 24.4 Å². The van der Waals surface area contributed by atoms with E-state index < -0.39 is 23.8 Å². The van der Waals surface area contributed by atoms with Gasteiger partial charge in [0.25, 0.3) is 5.91 Å². The first-order valence-electron chi connectivity index (χ1n) is 10.9. The minimum Gasteiger partial charge on any atom is -0.454 e. The smallest absolute Gasteiger partial charge is 0.319 e. The number of fused-ring (bicyclic) bond motifs is 1. The highest BCUT2D eigenvalue weighted by atomic mass is 19.1. The van der Waals surface area contributed by atoms with Crippen molar-refractivity contribution in [3.05, 3.63) is 53.6 Å². The van der Waals surface area contributed by atoms with E-state index in [2.05, 4.69) is 16.0 Å². The molecule has 1 saturated heterocycles. The fourth-order valence-corrected chi connectivity index (χ4v) is 3.91. The number of nitrogens with one attached hydrogen (secondary N) is 3. The molecule has 2 aliphatic heterocycles. The van der Waals surface area contributed by atoms with Crippen LogP contribution in [0, 0.1) is 11.6 Å². The molecular formula is C23H25F2N3O6. The van der Waals surface area contributed by atoms with E-state index in [4.69, 9.17) is 14.2 Å². The SMILES string of the molecule is O=C(NCC[C@@H]1CC[C@H](NC(=O)c2ccc3c(c2)OCO3)[C@H](CO)O1)Nc1cc(F)ccc1F. The number of aliphatic hydroxyl groups is 1. The van der Waals surface area contributed by atoms with Gasteiger partial charge < -0.3 is 35.3 Å². The summed E-state index contributed by atoms with van der Waals surface area (Å²) in [7, 11) is 0. The Bertz CT molecular complexity index is 1050. The van der Waals surface area contributed by atoms with Gasteiger partial charge in [-0.1, -0.05) is 0 Å². The summed E-state index contributed by atoms with van der Waals surface area (Å²) in [5.74, 6) is -0.638. The van der Waals surface area contributed by atoms with Crippen LogP contribution in [0.1, 0.15) is 29.6 Å². The number of hydrogen-bond donors (Lipinski definition) is 4. The lowest BCUT2D eigenvalue weighted by Gasteiger charge is -2.36. The third-order valence-electron chi connectivity index (χ3n) is 5.68. The summed E-state index contributed by atoms with van der Waals surface area (Å²) in [5, 5.41) is 17.5. The lowest BCUT2D eigenvalue weighted by atomic mass is 9.96. The second kappa shape index (κ2) is 10.7. The molecule has 0 aromatic heterocycles. The Morgan fingerprint density at radius 1 is 1.06 bits per heavy atom. The summed E-state index contributed by atoms with van der Waals surface area (Å²) < 4.78 is 43.3. The molecule has 4 N–H and O–H groups in total. The zero-order valence-electron chi connectivity index (χ0n) is 18.2. The fraction of sp³-hybridized carbons (Fsp3) is 0.391. The Hall–Kier alpha value is -3.44. The van der Waals surface area contributed by atoms with Crippen molar-refractivity contribution in [3.8, 4) is 11.5 Å². The van der Waals surface area contributed by atoms with E-state index in [1.807, 2.05) is 0 Å². The molecule has 3 atom stereocenters. The number of rotatable bonds is 7. The predicted molar refractivity (Wildman–Crippen MR) is 117 cm³/mol. The van der Waals surface area contributed by atoms with Gasteiger partial charge in [0, 0.05) is 18.2 Å². The summed E-state index contributed by atoms with van der Waals surface area (Å²) >= 11 is 0. The van der Waals surface area contributed by atoms with Gasteiger partial charge in [-0.15, -0.1) is 0 Å². The number of amides is 3. The van der Waals surface area contributed by atoms with Crippen LogP contribution in [-0.4, -0.2) is 55.2 Å². The summed E-state index contributed by atoms with van der Waals surface area (Å²) in [6, 6.07) is 6.63. The molecule has 2 heterocycles. The average molecular weight is 477 g/mol. The zero-order valence-corrected chi connectivity index (χ0v) is 18.2. The number of anilines is 1. The van der Waals surface area contributed by atoms with Crippen LogP contribution in [0.3, 0.4) is 0 Å². The quantitative estimate of drug-likeness (QED) is 0.487. The molecule has 9 nitrogen and oxygen atoms in total. The first-order chi connectivity index (χ1) is 16.4. The lowest BCUT2D eigenvalue weighted by molar-refractivity contribution is -0.0892. The molecule has 4 rings (SSSR count). The number of halogens is 2. The number of hydrogen-bond acceptors (Lipinski definition) is 6. The first kappa shape index (κ1) is 23.7. The number of carbonyl (C=O) groups is 2. The van der Waals surface area contributed by atoms with Crippen molar-refractivity contribution in [2.75, 3.05) is 25.3 Å². The van der Waals surface area contributed by atoms with Crippen molar-refractivity contribution in [2.45, 2.75) is 37.5 Å². The molecule has 1 fully saturated rings. The van der Waals surface area contributed by atoms with E-state index in [9.17, 15) is 23.5 Å². The number of benzene rings is 2. The van der Waals surface area contributed by atoms with Gasteiger partial charge in [0.15, 0.2) is 11.5 Å². The fourth-order valence-electron chi connectivity index (χ4n) is 3.91. The maximum Gasteiger partial charge on any atom is 0.319 e. The van der Waals surface area contributed by atoms with Crippen LogP contribution in [0.5, 0.6) is 11.5 Å². The van der Waals surface area contributed by atoms with Crippen molar-refractivity contribution >= 4 is 17.6 Å². The molecule has 0 unspecified atom stereocenters. The van der Waals surface area contributed by atoms with E-state index in [0.717, 1.165) is 18.2 Å². The maximum absolute atomic E-state index is 13.6. The first-order valence-corrected chi connectivity index (χ1v) is 10.9. The van der Waals surface area contributed by atoms with E-state index in [1.165, 1.54) is 0 Å². The van der Waals surface area contributed by atoms with Gasteiger partial charge in [0.1, 0.15) is 17.7 Å². The minimum atomic E-state index is -0.744. The van der Waals surface area contributed by atoms with Gasteiger partial charge in [-0.3, -0.25) is 4.79 Å². The monoisotopic (exact) mass is 477 g/mol. The molecule has 3 amide bonds. The number of ether oxygens (including phenoxy) is 3. The van der Waals surface area contributed by atoms with Crippen molar-refractivity contribution in [1.82, 2.24) is 10.6 Å². The molecule has 182 valence electrons. The van der Waals surface area contributed by atoms with E-state index in [1.54, 1.807) is 18.2 Å². The highest BCUT2D eigenvalue weighted by molar-refractivity contribution is 5.95. The van der Waals surface area contributed by atoms with Crippen molar-refractivity contribution in [2.24, 2.45) is 0 Å². The predicted octanol–water partition coefficient (Wildman–Crippen LogP) is 2.54. The molecule has 0 bridgehead atoms. The van der Waals surface area contributed by atoms with E-state index in [-0.39, 0.29) is 43.7 Å². The van der Waals surface area contributed by atoms with Crippen LogP contribution < -0.4 is 25.4 Å². The van der Waals surface area contributed by atoms with Crippen molar-refractivity contribution < 1.29 is 37.7 Å². The van der Waals surface area contributed by atoms with E-state index in [0.29, 0.717) is 36.3 Å². The second-order valence-electron chi connectivity index (χ2n) is 8.00. The Balaban J connectivity index is 1.23. The maximum atomic E-state index is 13.6. The standard InChI is InChI=1S/C23H25F2N3O6/c24-14-2-4-16(25)18(10-14)28-23(31)26-8-7-15-3-5-17(21(11-29)34-15)27-22(30)13-1-6-19-20(9-13)33-12-32-19/h1-2,4,6,9-10,15,17,21,29H,3,5,7-8,11-12H2,(H,27,30)(H2,26,28,31)/t15-,17-,21-/m0/s1. The summed E-state index contributed by atoms with van der Waals surface area (Å²) in [6.07, 6.45) is 0.768. The molecule has 2 aliphatic rings. The molecule has 2 aromatic carbocycles. The summed E-state index contributed by atoms with van der Waals surface area (Å²) in [4.78, 5) is 24.6. The van der Waals surface area contributed by atoms with Gasteiger partial charge in [-0.2, -0.15) is 0 Å². The molecule has 2 aromatic rings. The molecule has 34 heavy (non-hydrogen) atoms. The normalized spacial score (nSPS) is 21.1. The molecule has 0 radical (unpaired) electrons. The Kier molecular flexibility index (Phi) is 7.43. The second-order valence-corrected chi connectivity index (χ2v) is 8.00. The molecule has 11 heteroatoms. The number of carbonyl (C=O) groups excluding carboxylic acids is 2. The Morgan fingerprint density at radius 2 is 1.88 bits per heavy atom.